The average molecular weight is 503 g/mol. The summed E-state index contributed by atoms with van der Waals surface area (Å²) in [5.41, 5.74) is -1.74. The molecule has 9 nitrogen and oxygen atoms in total. The molecule has 3 atom stereocenters. The summed E-state index contributed by atoms with van der Waals surface area (Å²) < 4.78 is 6.19. The molecule has 36 heavy (non-hydrogen) atoms. The first kappa shape index (κ1) is 22.3. The van der Waals surface area contributed by atoms with Crippen LogP contribution < -0.4 is 4.90 Å². The van der Waals surface area contributed by atoms with Crippen LogP contribution in [0.25, 0.3) is 0 Å². The number of halogens is 1. The van der Waals surface area contributed by atoms with Gasteiger partial charge in [0.25, 0.3) is 5.69 Å². The van der Waals surface area contributed by atoms with Gasteiger partial charge in [-0.1, -0.05) is 54.1 Å². The number of benzene rings is 3. The Hall–Kier alpha value is -4.21. The van der Waals surface area contributed by atoms with Gasteiger partial charge in [0.15, 0.2) is 0 Å². The number of rotatable bonds is 3. The van der Waals surface area contributed by atoms with Gasteiger partial charge in [-0.3, -0.25) is 29.3 Å². The van der Waals surface area contributed by atoms with Crippen LogP contribution in [0.3, 0.4) is 0 Å². The van der Waals surface area contributed by atoms with Crippen molar-refractivity contribution in [1.82, 2.24) is 0 Å². The molecule has 10 heteroatoms. The lowest BCUT2D eigenvalue weighted by Crippen LogP contribution is -2.51. The van der Waals surface area contributed by atoms with Crippen molar-refractivity contribution in [3.8, 4) is 0 Å². The van der Waals surface area contributed by atoms with E-state index in [0.29, 0.717) is 5.56 Å². The van der Waals surface area contributed by atoms with E-state index in [1.165, 1.54) is 36.4 Å². The van der Waals surface area contributed by atoms with Crippen LogP contribution in [-0.2, 0) is 14.3 Å². The van der Waals surface area contributed by atoms with Crippen LogP contribution in [-0.4, -0.2) is 33.9 Å². The smallest absolute Gasteiger partial charge is 0.269 e. The molecule has 0 bridgehead atoms. The number of ketones is 2. The third-order valence-corrected chi connectivity index (χ3v) is 7.39. The number of anilines is 1. The molecule has 0 saturated carbocycles. The first-order chi connectivity index (χ1) is 17.3. The Morgan fingerprint density at radius 1 is 0.833 bits per heavy atom. The minimum atomic E-state index is -2.22. The minimum absolute atomic E-state index is 0.0912. The SMILES string of the molecule is O=C1[C@H]2[C@H](c3ccccc3Cl)OC3(C(=O)c4ccccc4C3=O)[C@H]2C(=O)N1c1ccc([N+](=O)[O-])cc1. The molecule has 178 valence electrons. The summed E-state index contributed by atoms with van der Waals surface area (Å²) in [4.78, 5) is 66.4. The highest BCUT2D eigenvalue weighted by atomic mass is 35.5. The lowest BCUT2D eigenvalue weighted by Gasteiger charge is -2.27. The highest BCUT2D eigenvalue weighted by Crippen LogP contribution is 2.58. The van der Waals surface area contributed by atoms with Crippen LogP contribution in [0.2, 0.25) is 5.02 Å². The molecule has 0 radical (unpaired) electrons. The topological polar surface area (TPSA) is 124 Å². The first-order valence-electron chi connectivity index (χ1n) is 11.0. The fraction of sp³-hybridized carbons (Fsp3) is 0.154. The van der Waals surface area contributed by atoms with Crippen LogP contribution in [0.1, 0.15) is 32.4 Å². The van der Waals surface area contributed by atoms with Crippen molar-refractivity contribution in [3.63, 3.8) is 0 Å². The second-order valence-corrected chi connectivity index (χ2v) is 9.20. The van der Waals surface area contributed by atoms with E-state index in [2.05, 4.69) is 0 Å². The Morgan fingerprint density at radius 3 is 2.00 bits per heavy atom. The highest BCUT2D eigenvalue weighted by molar-refractivity contribution is 6.37. The van der Waals surface area contributed by atoms with Gasteiger partial charge < -0.3 is 4.74 Å². The molecule has 2 amide bonds. The number of carbonyl (C=O) groups is 4. The molecule has 2 saturated heterocycles. The number of carbonyl (C=O) groups excluding carboxylic acids is 4. The Kier molecular flexibility index (Phi) is 4.73. The number of nitro groups is 1. The predicted octanol–water partition coefficient (Wildman–Crippen LogP) is 3.94. The van der Waals surface area contributed by atoms with Crippen molar-refractivity contribution in [1.29, 1.82) is 0 Å². The van der Waals surface area contributed by atoms with Gasteiger partial charge in [-0.15, -0.1) is 0 Å². The van der Waals surface area contributed by atoms with Crippen LogP contribution in [0.4, 0.5) is 11.4 Å². The summed E-state index contributed by atoms with van der Waals surface area (Å²) in [7, 11) is 0. The zero-order valence-corrected chi connectivity index (χ0v) is 19.0. The van der Waals surface area contributed by atoms with E-state index in [4.69, 9.17) is 16.3 Å². The van der Waals surface area contributed by atoms with Gasteiger partial charge in [0.2, 0.25) is 29.0 Å². The number of non-ortho nitro benzene ring substituents is 1. The van der Waals surface area contributed by atoms with Crippen LogP contribution in [0, 0.1) is 22.0 Å². The molecule has 3 aromatic rings. The number of imide groups is 1. The maximum Gasteiger partial charge on any atom is 0.269 e. The molecule has 6 rings (SSSR count). The molecule has 0 N–H and O–H groups in total. The van der Waals surface area contributed by atoms with Crippen molar-refractivity contribution in [2.24, 2.45) is 11.8 Å². The molecular weight excluding hydrogens is 488 g/mol. The summed E-state index contributed by atoms with van der Waals surface area (Å²) in [5.74, 6) is -5.48. The summed E-state index contributed by atoms with van der Waals surface area (Å²) in [6, 6.07) is 17.6. The third kappa shape index (κ3) is 2.75. The largest absolute Gasteiger partial charge is 0.349 e. The second-order valence-electron chi connectivity index (χ2n) is 8.79. The first-order valence-corrected chi connectivity index (χ1v) is 11.4. The second kappa shape index (κ2) is 7.64. The standard InChI is InChI=1S/C26H15ClN2O7/c27-18-8-4-3-7-17(18)21-19-20(26(36-21)22(30)15-5-1-2-6-16(15)23(26)31)25(33)28(24(19)32)13-9-11-14(12-10-13)29(34)35/h1-12,19-21H/t19-,20-,21+/m1/s1. The van der Waals surface area contributed by atoms with Crippen molar-refractivity contribution >= 4 is 46.4 Å². The van der Waals surface area contributed by atoms with Gasteiger partial charge in [-0.05, 0) is 18.2 Å². The van der Waals surface area contributed by atoms with E-state index in [9.17, 15) is 29.3 Å². The molecule has 1 spiro atoms. The summed E-state index contributed by atoms with van der Waals surface area (Å²) >= 11 is 6.41. The Morgan fingerprint density at radius 2 is 1.42 bits per heavy atom. The molecule has 2 fully saturated rings. The van der Waals surface area contributed by atoms with E-state index in [-0.39, 0.29) is 27.5 Å². The van der Waals surface area contributed by atoms with Gasteiger partial charge >= 0.3 is 0 Å². The van der Waals surface area contributed by atoms with E-state index in [1.54, 1.807) is 36.4 Å². The molecule has 0 unspecified atom stereocenters. The third-order valence-electron chi connectivity index (χ3n) is 7.05. The van der Waals surface area contributed by atoms with Crippen molar-refractivity contribution in [2.45, 2.75) is 11.7 Å². The highest BCUT2D eigenvalue weighted by Gasteiger charge is 2.74. The number of nitrogens with zero attached hydrogens (tertiary/aromatic N) is 2. The lowest BCUT2D eigenvalue weighted by atomic mass is 9.77. The van der Waals surface area contributed by atoms with Crippen LogP contribution >= 0.6 is 11.6 Å². The number of nitro benzene ring substituents is 1. The fourth-order valence-electron chi connectivity index (χ4n) is 5.48. The van der Waals surface area contributed by atoms with E-state index in [1.807, 2.05) is 0 Å². The van der Waals surface area contributed by atoms with Gasteiger partial charge in [0.1, 0.15) is 0 Å². The van der Waals surface area contributed by atoms with Crippen LogP contribution in [0.15, 0.2) is 72.8 Å². The van der Waals surface area contributed by atoms with Gasteiger partial charge in [0.05, 0.1) is 28.6 Å². The van der Waals surface area contributed by atoms with Gasteiger partial charge in [-0.2, -0.15) is 0 Å². The van der Waals surface area contributed by atoms with E-state index < -0.39 is 51.8 Å². The monoisotopic (exact) mass is 502 g/mol. The van der Waals surface area contributed by atoms with Crippen molar-refractivity contribution in [2.75, 3.05) is 4.90 Å². The number of Topliss-reactive ketones (excluding diaryl/α,β-unsaturated/α-hetero) is 2. The molecule has 3 aromatic carbocycles. The molecule has 0 aromatic heterocycles. The quantitative estimate of drug-likeness (QED) is 0.230. The van der Waals surface area contributed by atoms with E-state index >= 15 is 0 Å². The molecular formula is C26H15ClN2O7. The molecule has 3 aliphatic rings. The number of fused-ring (bicyclic) bond motifs is 3. The number of hydrogen-bond acceptors (Lipinski definition) is 7. The summed E-state index contributed by atoms with van der Waals surface area (Å²) in [6.07, 6.45) is -1.15. The average Bonchev–Trinajstić information content (AvgIpc) is 3.44. The number of hydrogen-bond donors (Lipinski definition) is 0. The Labute approximate surface area is 208 Å². The summed E-state index contributed by atoms with van der Waals surface area (Å²) in [5, 5.41) is 11.3. The fourth-order valence-corrected chi connectivity index (χ4v) is 5.73. The number of ether oxygens (including phenoxy) is 1. The lowest BCUT2D eigenvalue weighted by molar-refractivity contribution is -0.384. The van der Waals surface area contributed by atoms with Crippen molar-refractivity contribution in [3.05, 3.63) is 105 Å². The Balaban J connectivity index is 1.53. The number of amides is 2. The minimum Gasteiger partial charge on any atom is -0.349 e. The van der Waals surface area contributed by atoms with E-state index in [0.717, 1.165) is 4.90 Å². The van der Waals surface area contributed by atoms with Gasteiger partial charge in [-0.25, -0.2) is 4.90 Å². The van der Waals surface area contributed by atoms with Crippen LogP contribution in [0.5, 0.6) is 0 Å². The molecule has 2 aliphatic heterocycles. The maximum atomic E-state index is 13.8. The Bertz CT molecular complexity index is 1480. The molecule has 1 aliphatic carbocycles. The normalized spacial score (nSPS) is 23.9. The zero-order chi connectivity index (χ0) is 25.4. The predicted molar refractivity (Wildman–Crippen MR) is 126 cm³/mol. The maximum absolute atomic E-state index is 13.8. The summed E-state index contributed by atoms with van der Waals surface area (Å²) in [6.45, 7) is 0. The van der Waals surface area contributed by atoms with Crippen molar-refractivity contribution < 1.29 is 28.8 Å². The molecule has 2 heterocycles. The van der Waals surface area contributed by atoms with Gasteiger partial charge in [0, 0.05) is 33.8 Å². The zero-order valence-electron chi connectivity index (χ0n) is 18.3.